The smallest absolute Gasteiger partial charge is 0.331 e. The van der Waals surface area contributed by atoms with E-state index in [-0.39, 0.29) is 24.0 Å². The van der Waals surface area contributed by atoms with Gasteiger partial charge in [-0.2, -0.15) is 0 Å². The molecule has 2 heterocycles. The Morgan fingerprint density at radius 3 is 2.45 bits per heavy atom. The van der Waals surface area contributed by atoms with Gasteiger partial charge in [-0.3, -0.25) is 4.79 Å². The quantitative estimate of drug-likeness (QED) is 0.291. The fraction of sp³-hybridized carbons (Fsp3) is 0.387. The number of nitrogens with one attached hydrogen (secondary N) is 1. The van der Waals surface area contributed by atoms with Crippen molar-refractivity contribution in [3.63, 3.8) is 0 Å². The van der Waals surface area contributed by atoms with Crippen molar-refractivity contribution in [1.29, 1.82) is 0 Å². The maximum Gasteiger partial charge on any atom is 0.331 e. The number of rotatable bonds is 10. The monoisotopic (exact) mass is 548 g/mol. The average molecular weight is 549 g/mol. The largest absolute Gasteiger partial charge is 0.503 e. The Hall–Kier alpha value is -3.95. The Morgan fingerprint density at radius 2 is 1.75 bits per heavy atom. The molecule has 212 valence electrons. The second-order valence-corrected chi connectivity index (χ2v) is 9.79. The Labute approximate surface area is 234 Å². The zero-order valence-electron chi connectivity index (χ0n) is 22.8. The fourth-order valence-corrected chi connectivity index (χ4v) is 4.81. The van der Waals surface area contributed by atoms with Crippen molar-refractivity contribution in [1.82, 2.24) is 10.3 Å². The first-order chi connectivity index (χ1) is 19.5. The first-order valence-corrected chi connectivity index (χ1v) is 13.5. The molecule has 1 aliphatic rings. The highest BCUT2D eigenvalue weighted by Gasteiger charge is 2.36. The standard InChI is InChI=1S/C31H36N2O7/c1-21-29(39-17-9-14-22-10-5-3-6-11-22)24(18-23-12-7-4-8-13-23)19-38-20-25(31(36)40-21)33-30(35)27-28(34)26(37-2)15-16-32-27/h3-8,10-13,15-16,21,24-25,29,34H,9,14,17-20H2,1-2H3,(H,33,35). The summed E-state index contributed by atoms with van der Waals surface area (Å²) >= 11 is 0. The molecular weight excluding hydrogens is 512 g/mol. The molecule has 1 aromatic heterocycles. The number of ether oxygens (including phenoxy) is 4. The zero-order valence-corrected chi connectivity index (χ0v) is 22.8. The summed E-state index contributed by atoms with van der Waals surface area (Å²) < 4.78 is 23.2. The number of aromatic hydroxyl groups is 1. The molecule has 9 heteroatoms. The molecule has 40 heavy (non-hydrogen) atoms. The second kappa shape index (κ2) is 14.4. The van der Waals surface area contributed by atoms with Gasteiger partial charge in [-0.15, -0.1) is 0 Å². The molecule has 0 saturated carbocycles. The third-order valence-electron chi connectivity index (χ3n) is 6.86. The van der Waals surface area contributed by atoms with Crippen molar-refractivity contribution in [3.8, 4) is 11.5 Å². The lowest BCUT2D eigenvalue weighted by molar-refractivity contribution is -0.160. The van der Waals surface area contributed by atoms with Crippen LogP contribution in [0.5, 0.6) is 11.5 Å². The van der Waals surface area contributed by atoms with Gasteiger partial charge in [0, 0.05) is 24.8 Å². The van der Waals surface area contributed by atoms with Crippen LogP contribution >= 0.6 is 0 Å². The number of benzene rings is 2. The van der Waals surface area contributed by atoms with Crippen LogP contribution in [0, 0.1) is 5.92 Å². The van der Waals surface area contributed by atoms with E-state index in [1.54, 1.807) is 6.92 Å². The minimum atomic E-state index is -1.10. The molecule has 3 aromatic rings. The molecule has 1 saturated heterocycles. The Bertz CT molecular complexity index is 1240. The Morgan fingerprint density at radius 1 is 1.05 bits per heavy atom. The highest BCUT2D eigenvalue weighted by Crippen LogP contribution is 2.28. The minimum Gasteiger partial charge on any atom is -0.503 e. The van der Waals surface area contributed by atoms with Crippen molar-refractivity contribution >= 4 is 11.9 Å². The van der Waals surface area contributed by atoms with Gasteiger partial charge in [0.2, 0.25) is 0 Å². The van der Waals surface area contributed by atoms with Crippen LogP contribution in [0.3, 0.4) is 0 Å². The van der Waals surface area contributed by atoms with E-state index in [1.807, 2.05) is 48.5 Å². The van der Waals surface area contributed by atoms with Gasteiger partial charge in [-0.1, -0.05) is 60.7 Å². The van der Waals surface area contributed by atoms with E-state index in [0.717, 1.165) is 18.4 Å². The van der Waals surface area contributed by atoms with Crippen molar-refractivity contribution in [2.45, 2.75) is 44.4 Å². The summed E-state index contributed by atoms with van der Waals surface area (Å²) in [6.07, 6.45) is 2.68. The molecule has 0 bridgehead atoms. The summed E-state index contributed by atoms with van der Waals surface area (Å²) in [6.45, 7) is 2.49. The minimum absolute atomic E-state index is 0.0954. The van der Waals surface area contributed by atoms with Gasteiger partial charge in [-0.05, 0) is 37.3 Å². The second-order valence-electron chi connectivity index (χ2n) is 9.79. The molecular formula is C31H36N2O7. The van der Waals surface area contributed by atoms with Gasteiger partial charge in [0.1, 0.15) is 6.10 Å². The number of esters is 1. The van der Waals surface area contributed by atoms with Gasteiger partial charge in [0.05, 0.1) is 26.4 Å². The number of hydrogen-bond donors (Lipinski definition) is 2. The number of hydrogen-bond acceptors (Lipinski definition) is 8. The summed E-state index contributed by atoms with van der Waals surface area (Å²) in [4.78, 5) is 30.0. The molecule has 0 aliphatic carbocycles. The lowest BCUT2D eigenvalue weighted by Gasteiger charge is -2.31. The molecule has 4 atom stereocenters. The highest BCUT2D eigenvalue weighted by molar-refractivity contribution is 5.98. The number of cyclic esters (lactones) is 1. The van der Waals surface area contributed by atoms with Crippen LogP contribution in [0.25, 0.3) is 0 Å². The summed E-state index contributed by atoms with van der Waals surface area (Å²) in [7, 11) is 1.37. The number of pyridine rings is 1. The first-order valence-electron chi connectivity index (χ1n) is 13.5. The number of amides is 1. The number of methoxy groups -OCH3 is 1. The zero-order chi connectivity index (χ0) is 28.3. The van der Waals surface area contributed by atoms with Crippen molar-refractivity contribution in [3.05, 3.63) is 89.7 Å². The molecule has 1 fully saturated rings. The van der Waals surface area contributed by atoms with Crippen molar-refractivity contribution in [2.75, 3.05) is 26.9 Å². The van der Waals surface area contributed by atoms with Crippen LogP contribution in [0.1, 0.15) is 35.0 Å². The van der Waals surface area contributed by atoms with E-state index in [0.29, 0.717) is 19.6 Å². The predicted octanol–water partition coefficient (Wildman–Crippen LogP) is 3.73. The maximum atomic E-state index is 13.2. The van der Waals surface area contributed by atoms with Crippen LogP contribution in [0.15, 0.2) is 72.9 Å². The summed E-state index contributed by atoms with van der Waals surface area (Å²) in [5, 5.41) is 12.9. The molecule has 4 rings (SSSR count). The van der Waals surface area contributed by atoms with Gasteiger partial charge in [-0.25, -0.2) is 9.78 Å². The van der Waals surface area contributed by atoms with Crippen LogP contribution < -0.4 is 10.1 Å². The van der Waals surface area contributed by atoms with Gasteiger partial charge < -0.3 is 29.4 Å². The Kier molecular flexibility index (Phi) is 10.5. The van der Waals surface area contributed by atoms with E-state index in [2.05, 4.69) is 22.4 Å². The third kappa shape index (κ3) is 7.80. The summed E-state index contributed by atoms with van der Waals surface area (Å²) in [6, 6.07) is 20.6. The van der Waals surface area contributed by atoms with Gasteiger partial charge in [0.25, 0.3) is 5.91 Å². The summed E-state index contributed by atoms with van der Waals surface area (Å²) in [5.41, 5.74) is 2.09. The van der Waals surface area contributed by atoms with Crippen LogP contribution in [-0.2, 0) is 31.8 Å². The molecule has 0 radical (unpaired) electrons. The van der Waals surface area contributed by atoms with Crippen molar-refractivity contribution in [2.24, 2.45) is 5.92 Å². The number of aromatic nitrogens is 1. The summed E-state index contributed by atoms with van der Waals surface area (Å²) in [5.74, 6) is -1.82. The van der Waals surface area contributed by atoms with E-state index in [1.165, 1.54) is 24.9 Å². The van der Waals surface area contributed by atoms with Crippen LogP contribution in [-0.4, -0.2) is 67.1 Å². The van der Waals surface area contributed by atoms with Crippen LogP contribution in [0.4, 0.5) is 0 Å². The number of carbonyl (C=O) groups excluding carboxylic acids is 2. The van der Waals surface area contributed by atoms with Gasteiger partial charge in [0.15, 0.2) is 23.2 Å². The SMILES string of the molecule is COc1ccnc(C(=O)NC2COCC(Cc3ccccc3)C(OCCCc3ccccc3)C(C)OC2=O)c1O. The van der Waals surface area contributed by atoms with E-state index >= 15 is 0 Å². The molecule has 1 aliphatic heterocycles. The lowest BCUT2D eigenvalue weighted by atomic mass is 9.91. The molecule has 2 N–H and O–H groups in total. The number of aryl methyl sites for hydroxylation is 1. The molecule has 9 nitrogen and oxygen atoms in total. The molecule has 0 spiro atoms. The predicted molar refractivity (Wildman–Crippen MR) is 148 cm³/mol. The third-order valence-corrected chi connectivity index (χ3v) is 6.86. The molecule has 1 amide bonds. The van der Waals surface area contributed by atoms with Crippen LogP contribution in [0.2, 0.25) is 0 Å². The fourth-order valence-electron chi connectivity index (χ4n) is 4.81. The normalized spacial score (nSPS) is 21.4. The van der Waals surface area contributed by atoms with E-state index < -0.39 is 35.9 Å². The van der Waals surface area contributed by atoms with E-state index in [9.17, 15) is 14.7 Å². The highest BCUT2D eigenvalue weighted by atomic mass is 16.6. The average Bonchev–Trinajstić information content (AvgIpc) is 3.01. The van der Waals surface area contributed by atoms with Gasteiger partial charge >= 0.3 is 5.97 Å². The first kappa shape index (κ1) is 29.0. The number of nitrogens with zero attached hydrogens (tertiary/aromatic N) is 1. The molecule has 2 aromatic carbocycles. The van der Waals surface area contributed by atoms with E-state index in [4.69, 9.17) is 18.9 Å². The maximum absolute atomic E-state index is 13.2. The topological polar surface area (TPSA) is 116 Å². The van der Waals surface area contributed by atoms with Crippen molar-refractivity contribution < 1.29 is 33.6 Å². The lowest BCUT2D eigenvalue weighted by Crippen LogP contribution is -2.46. The molecule has 4 unspecified atom stereocenters. The Balaban J connectivity index is 1.46. The number of carbonyl (C=O) groups is 2.